The van der Waals surface area contributed by atoms with E-state index < -0.39 is 0 Å². The van der Waals surface area contributed by atoms with Crippen molar-refractivity contribution in [3.8, 4) is 0 Å². The fourth-order valence-electron chi connectivity index (χ4n) is 0.279. The fraction of sp³-hybridized carbons (Fsp3) is 0.600. The normalized spacial score (nSPS) is 12.8. The van der Waals surface area contributed by atoms with Crippen LogP contribution in [0.3, 0.4) is 0 Å². The van der Waals surface area contributed by atoms with Crippen LogP contribution < -0.4 is 11.1 Å². The van der Waals surface area contributed by atoms with Gasteiger partial charge in [-0.3, -0.25) is 0 Å². The first kappa shape index (κ1) is 7.30. The van der Waals surface area contributed by atoms with Crippen LogP contribution in [0, 0.1) is 0 Å². The highest BCUT2D eigenvalue weighted by Gasteiger charge is 1.91. The van der Waals surface area contributed by atoms with Gasteiger partial charge in [-0.25, -0.2) is 0 Å². The summed E-state index contributed by atoms with van der Waals surface area (Å²) in [4.78, 5) is 0. The minimum Gasteiger partial charge on any atom is -0.392 e. The lowest BCUT2D eigenvalue weighted by molar-refractivity contribution is 0.195. The molecule has 3 heteroatoms. The van der Waals surface area contributed by atoms with Crippen LogP contribution in [0.4, 0.5) is 0 Å². The van der Waals surface area contributed by atoms with Gasteiger partial charge in [0.1, 0.15) is 0 Å². The van der Waals surface area contributed by atoms with Gasteiger partial charge in [-0.15, -0.1) is 0 Å². The highest BCUT2D eigenvalue weighted by molar-refractivity contribution is 4.82. The smallest absolute Gasteiger partial charge is 0.0886 e. The molecular formula is C5H12N2O. The van der Waals surface area contributed by atoms with Gasteiger partial charge in [0.05, 0.1) is 11.9 Å². The first-order valence-electron chi connectivity index (χ1n) is 2.49. The van der Waals surface area contributed by atoms with Gasteiger partial charge in [0.15, 0.2) is 0 Å². The lowest BCUT2D eigenvalue weighted by Gasteiger charge is -2.05. The van der Waals surface area contributed by atoms with Crippen molar-refractivity contribution in [3.05, 3.63) is 12.4 Å². The van der Waals surface area contributed by atoms with Crippen molar-refractivity contribution >= 4 is 0 Å². The van der Waals surface area contributed by atoms with Gasteiger partial charge >= 0.3 is 0 Å². The molecular weight excluding hydrogens is 104 g/mol. The van der Waals surface area contributed by atoms with Gasteiger partial charge < -0.3 is 16.2 Å². The summed E-state index contributed by atoms with van der Waals surface area (Å²) >= 11 is 0. The zero-order valence-corrected chi connectivity index (χ0v) is 5.02. The van der Waals surface area contributed by atoms with Crippen molar-refractivity contribution in [2.45, 2.75) is 13.0 Å². The van der Waals surface area contributed by atoms with E-state index in [9.17, 15) is 0 Å². The van der Waals surface area contributed by atoms with E-state index >= 15 is 0 Å². The Bertz CT molecular complexity index is 80.5. The monoisotopic (exact) mass is 116 g/mol. The van der Waals surface area contributed by atoms with Gasteiger partial charge in [0.25, 0.3) is 0 Å². The minimum absolute atomic E-state index is 0.365. The Morgan fingerprint density at radius 1 is 2.00 bits per heavy atom. The molecule has 0 fully saturated rings. The molecule has 0 rings (SSSR count). The predicted octanol–water partition coefficient (Wildman–Crippen LogP) is -0.613. The molecule has 0 spiro atoms. The molecule has 0 unspecified atom stereocenters. The first-order chi connectivity index (χ1) is 3.63. The maximum Gasteiger partial charge on any atom is 0.0886 e. The number of hydrogen-bond donors (Lipinski definition) is 3. The zero-order valence-electron chi connectivity index (χ0n) is 5.02. The number of nitrogens with two attached hydrogens (primary N) is 1. The van der Waals surface area contributed by atoms with E-state index in [2.05, 4.69) is 11.9 Å². The van der Waals surface area contributed by atoms with E-state index in [-0.39, 0.29) is 6.10 Å². The third-order valence-corrected chi connectivity index (χ3v) is 0.625. The average Bonchev–Trinajstić information content (AvgIpc) is 1.61. The second kappa shape index (κ2) is 3.32. The Hall–Kier alpha value is -0.700. The number of nitrogens with one attached hydrogen (secondary N) is 1. The largest absolute Gasteiger partial charge is 0.392 e. The van der Waals surface area contributed by atoms with Gasteiger partial charge in [0.2, 0.25) is 0 Å². The molecule has 3 nitrogen and oxygen atoms in total. The molecule has 0 amide bonds. The van der Waals surface area contributed by atoms with E-state index in [1.165, 1.54) is 0 Å². The molecule has 0 heterocycles. The maximum absolute atomic E-state index is 8.64. The van der Waals surface area contributed by atoms with Crippen molar-refractivity contribution in [2.24, 2.45) is 5.73 Å². The number of aliphatic hydroxyl groups is 1. The lowest BCUT2D eigenvalue weighted by Crippen LogP contribution is -2.26. The molecule has 48 valence electrons. The summed E-state index contributed by atoms with van der Waals surface area (Å²) in [6.07, 6.45) is -0.365. The van der Waals surface area contributed by atoms with Crippen LogP contribution in [-0.4, -0.2) is 17.8 Å². The summed E-state index contributed by atoms with van der Waals surface area (Å²) in [6.45, 7) is 5.53. The third kappa shape index (κ3) is 5.30. The summed E-state index contributed by atoms with van der Waals surface area (Å²) in [6, 6.07) is 0. The second-order valence-electron chi connectivity index (χ2n) is 1.76. The lowest BCUT2D eigenvalue weighted by atomic mass is 10.4. The van der Waals surface area contributed by atoms with Crippen molar-refractivity contribution in [2.75, 3.05) is 6.54 Å². The quantitative estimate of drug-likeness (QED) is 0.461. The number of hydrogen-bond acceptors (Lipinski definition) is 3. The van der Waals surface area contributed by atoms with Crippen molar-refractivity contribution in [3.63, 3.8) is 0 Å². The van der Waals surface area contributed by atoms with Crippen LogP contribution in [-0.2, 0) is 0 Å². The highest BCUT2D eigenvalue weighted by atomic mass is 16.3. The van der Waals surface area contributed by atoms with E-state index in [4.69, 9.17) is 10.8 Å². The molecule has 0 radical (unpaired) electrons. The second-order valence-corrected chi connectivity index (χ2v) is 1.76. The molecule has 0 saturated carbocycles. The molecule has 8 heavy (non-hydrogen) atoms. The Morgan fingerprint density at radius 3 is 2.62 bits per heavy atom. The molecule has 0 bridgehead atoms. The molecule has 4 N–H and O–H groups in total. The molecule has 0 aliphatic heterocycles. The molecule has 0 aromatic rings. The summed E-state index contributed by atoms with van der Waals surface area (Å²) in [7, 11) is 0. The van der Waals surface area contributed by atoms with E-state index in [0.717, 1.165) is 0 Å². The Morgan fingerprint density at radius 2 is 2.50 bits per heavy atom. The molecule has 0 aromatic heterocycles. The Kier molecular flexibility index (Phi) is 3.03. The minimum atomic E-state index is -0.365. The van der Waals surface area contributed by atoms with Crippen LogP contribution in [0.1, 0.15) is 6.92 Å². The van der Waals surface area contributed by atoms with Crippen LogP contribution in [0.2, 0.25) is 0 Å². The van der Waals surface area contributed by atoms with Crippen LogP contribution in [0.5, 0.6) is 0 Å². The fourth-order valence-corrected chi connectivity index (χ4v) is 0.279. The van der Waals surface area contributed by atoms with Crippen molar-refractivity contribution in [1.82, 2.24) is 5.32 Å². The molecule has 1 atom stereocenters. The first-order valence-corrected chi connectivity index (χ1v) is 2.49. The predicted molar refractivity (Wildman–Crippen MR) is 33.0 cm³/mol. The third-order valence-electron chi connectivity index (χ3n) is 0.625. The summed E-state index contributed by atoms with van der Waals surface area (Å²) in [5.41, 5.74) is 5.12. The van der Waals surface area contributed by atoms with Gasteiger partial charge in [-0.1, -0.05) is 6.58 Å². The van der Waals surface area contributed by atoms with Gasteiger partial charge in [-0.05, 0) is 6.92 Å². The SMILES string of the molecule is C=C(N)NC[C@H](C)O. The highest BCUT2D eigenvalue weighted by Crippen LogP contribution is 1.75. The zero-order chi connectivity index (χ0) is 6.57. The molecule has 0 aliphatic rings. The van der Waals surface area contributed by atoms with E-state index in [1.54, 1.807) is 6.92 Å². The van der Waals surface area contributed by atoms with Gasteiger partial charge in [-0.2, -0.15) is 0 Å². The topological polar surface area (TPSA) is 58.3 Å². The Balaban J connectivity index is 3.05. The number of rotatable bonds is 3. The Labute approximate surface area is 49.2 Å². The van der Waals surface area contributed by atoms with E-state index in [0.29, 0.717) is 12.4 Å². The maximum atomic E-state index is 8.64. The average molecular weight is 116 g/mol. The van der Waals surface area contributed by atoms with Crippen LogP contribution >= 0.6 is 0 Å². The van der Waals surface area contributed by atoms with Gasteiger partial charge in [0, 0.05) is 6.54 Å². The summed E-state index contributed by atoms with van der Waals surface area (Å²) in [5.74, 6) is 0.394. The summed E-state index contributed by atoms with van der Waals surface area (Å²) in [5, 5.41) is 11.3. The number of aliphatic hydroxyl groups excluding tert-OH is 1. The molecule has 0 saturated heterocycles. The van der Waals surface area contributed by atoms with Crippen molar-refractivity contribution < 1.29 is 5.11 Å². The van der Waals surface area contributed by atoms with Crippen LogP contribution in [0.25, 0.3) is 0 Å². The van der Waals surface area contributed by atoms with Crippen LogP contribution in [0.15, 0.2) is 12.4 Å². The summed E-state index contributed by atoms with van der Waals surface area (Å²) < 4.78 is 0. The standard InChI is InChI=1S/C5H12N2O/c1-4(8)3-7-5(2)6/h4,7-8H,2-3,6H2,1H3/t4-/m0/s1. The molecule has 0 aromatic carbocycles. The molecule has 0 aliphatic carbocycles. The van der Waals surface area contributed by atoms with E-state index in [1.807, 2.05) is 0 Å². The van der Waals surface area contributed by atoms with Crippen molar-refractivity contribution in [1.29, 1.82) is 0 Å².